The molecule has 126 valence electrons. The molecule has 0 amide bonds. The molecule has 0 heterocycles. The van der Waals surface area contributed by atoms with E-state index in [4.69, 9.17) is 44.3 Å². The standard InChI is InChI=1S/C17H12BrCl3O3/c1-2-5-23-17(22)11-6-13(18)16(15(21)7-11)24-9-10-3-4-12(19)8-14(10)20/h2-4,6-8H,1,5,9H2. The third kappa shape index (κ3) is 4.90. The topological polar surface area (TPSA) is 35.5 Å². The average molecular weight is 451 g/mol. The molecule has 0 atom stereocenters. The van der Waals surface area contributed by atoms with E-state index >= 15 is 0 Å². The zero-order valence-corrected chi connectivity index (χ0v) is 16.2. The van der Waals surface area contributed by atoms with E-state index in [-0.39, 0.29) is 18.2 Å². The third-order valence-electron chi connectivity index (χ3n) is 2.95. The minimum atomic E-state index is -0.496. The maximum Gasteiger partial charge on any atom is 0.338 e. The van der Waals surface area contributed by atoms with Crippen LogP contribution in [0.2, 0.25) is 15.1 Å². The summed E-state index contributed by atoms with van der Waals surface area (Å²) in [5.41, 5.74) is 1.07. The highest BCUT2D eigenvalue weighted by molar-refractivity contribution is 9.10. The fourth-order valence-electron chi connectivity index (χ4n) is 1.82. The van der Waals surface area contributed by atoms with Crippen molar-refractivity contribution in [1.82, 2.24) is 0 Å². The fraction of sp³-hybridized carbons (Fsp3) is 0.118. The molecule has 0 fully saturated rings. The molecule has 0 aliphatic heterocycles. The lowest BCUT2D eigenvalue weighted by molar-refractivity contribution is 0.0549. The molecule has 0 N–H and O–H groups in total. The molecule has 0 spiro atoms. The summed E-state index contributed by atoms with van der Waals surface area (Å²) in [6.45, 7) is 3.82. The van der Waals surface area contributed by atoms with Crippen LogP contribution in [0.3, 0.4) is 0 Å². The second-order valence-electron chi connectivity index (χ2n) is 4.68. The van der Waals surface area contributed by atoms with Crippen molar-refractivity contribution < 1.29 is 14.3 Å². The van der Waals surface area contributed by atoms with Gasteiger partial charge in [0, 0.05) is 15.6 Å². The van der Waals surface area contributed by atoms with E-state index in [1.807, 2.05) is 0 Å². The Hall–Kier alpha value is -1.20. The zero-order chi connectivity index (χ0) is 17.7. The molecule has 0 saturated heterocycles. The molecule has 0 radical (unpaired) electrons. The Morgan fingerprint density at radius 3 is 2.54 bits per heavy atom. The van der Waals surface area contributed by atoms with Gasteiger partial charge < -0.3 is 9.47 Å². The summed E-state index contributed by atoms with van der Waals surface area (Å²) in [6, 6.07) is 8.19. The normalized spacial score (nSPS) is 10.3. The fourth-order valence-corrected chi connectivity index (χ4v) is 3.25. The molecule has 0 saturated carbocycles. The Balaban J connectivity index is 2.16. The number of esters is 1. The van der Waals surface area contributed by atoms with Crippen LogP contribution >= 0.6 is 50.7 Å². The van der Waals surface area contributed by atoms with Gasteiger partial charge in [-0.05, 0) is 40.2 Å². The lowest BCUT2D eigenvalue weighted by Gasteiger charge is -2.12. The molecule has 2 aromatic rings. The molecule has 2 aromatic carbocycles. The Kier molecular flexibility index (Phi) is 6.99. The minimum Gasteiger partial charge on any atom is -0.486 e. The first-order valence-corrected chi connectivity index (χ1v) is 8.69. The van der Waals surface area contributed by atoms with Crippen molar-refractivity contribution in [3.63, 3.8) is 0 Å². The van der Waals surface area contributed by atoms with Crippen LogP contribution in [0.5, 0.6) is 5.75 Å². The van der Waals surface area contributed by atoms with Crippen molar-refractivity contribution in [2.24, 2.45) is 0 Å². The molecular formula is C17H12BrCl3O3. The average Bonchev–Trinajstić information content (AvgIpc) is 2.53. The van der Waals surface area contributed by atoms with Gasteiger partial charge in [-0.2, -0.15) is 0 Å². The number of carbonyl (C=O) groups excluding carboxylic acids is 1. The Morgan fingerprint density at radius 1 is 1.17 bits per heavy atom. The summed E-state index contributed by atoms with van der Waals surface area (Å²) in [6.07, 6.45) is 1.49. The summed E-state index contributed by atoms with van der Waals surface area (Å²) in [5, 5.41) is 1.32. The second-order valence-corrected chi connectivity index (χ2v) is 6.79. The molecule has 3 nitrogen and oxygen atoms in total. The van der Waals surface area contributed by atoms with E-state index in [2.05, 4.69) is 22.5 Å². The number of rotatable bonds is 6. The van der Waals surface area contributed by atoms with Crippen LogP contribution in [0.25, 0.3) is 0 Å². The summed E-state index contributed by atoms with van der Waals surface area (Å²) >= 11 is 21.5. The monoisotopic (exact) mass is 448 g/mol. The van der Waals surface area contributed by atoms with Crippen LogP contribution in [0.1, 0.15) is 15.9 Å². The van der Waals surface area contributed by atoms with Gasteiger partial charge in [-0.25, -0.2) is 4.79 Å². The Bertz CT molecular complexity index is 755. The van der Waals surface area contributed by atoms with Crippen molar-refractivity contribution in [2.75, 3.05) is 6.61 Å². The van der Waals surface area contributed by atoms with Gasteiger partial charge in [0.1, 0.15) is 13.2 Å². The maximum absolute atomic E-state index is 11.9. The van der Waals surface area contributed by atoms with E-state index in [0.29, 0.717) is 25.8 Å². The van der Waals surface area contributed by atoms with E-state index in [9.17, 15) is 4.79 Å². The van der Waals surface area contributed by atoms with Crippen molar-refractivity contribution in [3.8, 4) is 5.75 Å². The number of halogens is 4. The minimum absolute atomic E-state index is 0.126. The first-order valence-electron chi connectivity index (χ1n) is 6.76. The predicted octanol–water partition coefficient (Wildman–Crippen LogP) is 6.33. The second kappa shape index (κ2) is 8.77. The summed E-state index contributed by atoms with van der Waals surface area (Å²) < 4.78 is 11.2. The lowest BCUT2D eigenvalue weighted by atomic mass is 10.2. The summed E-state index contributed by atoms with van der Waals surface area (Å²) in [5.74, 6) is -0.0900. The van der Waals surface area contributed by atoms with E-state index in [1.54, 1.807) is 24.3 Å². The first-order chi connectivity index (χ1) is 11.4. The molecule has 0 unspecified atom stereocenters. The number of hydrogen-bond donors (Lipinski definition) is 0. The largest absolute Gasteiger partial charge is 0.486 e. The van der Waals surface area contributed by atoms with Gasteiger partial charge in [0.25, 0.3) is 0 Å². The van der Waals surface area contributed by atoms with Crippen LogP contribution in [-0.4, -0.2) is 12.6 Å². The Morgan fingerprint density at radius 2 is 1.92 bits per heavy atom. The van der Waals surface area contributed by atoms with Crippen LogP contribution in [0.4, 0.5) is 0 Å². The first kappa shape index (κ1) is 19.1. The smallest absolute Gasteiger partial charge is 0.338 e. The van der Waals surface area contributed by atoms with Crippen molar-refractivity contribution >= 4 is 56.7 Å². The SMILES string of the molecule is C=CCOC(=O)c1cc(Cl)c(OCc2ccc(Cl)cc2Cl)c(Br)c1. The molecule has 0 aliphatic rings. The van der Waals surface area contributed by atoms with Crippen molar-refractivity contribution in [2.45, 2.75) is 6.61 Å². The van der Waals surface area contributed by atoms with Crippen molar-refractivity contribution in [3.05, 3.63) is 73.7 Å². The molecule has 2 rings (SSSR count). The van der Waals surface area contributed by atoms with E-state index < -0.39 is 5.97 Å². The van der Waals surface area contributed by atoms with Crippen LogP contribution in [0, 0.1) is 0 Å². The van der Waals surface area contributed by atoms with Crippen molar-refractivity contribution in [1.29, 1.82) is 0 Å². The van der Waals surface area contributed by atoms with Gasteiger partial charge >= 0.3 is 5.97 Å². The maximum atomic E-state index is 11.9. The van der Waals surface area contributed by atoms with Gasteiger partial charge in [-0.1, -0.05) is 53.5 Å². The highest BCUT2D eigenvalue weighted by atomic mass is 79.9. The quantitative estimate of drug-likeness (QED) is 0.381. The van der Waals surface area contributed by atoms with Gasteiger partial charge in [0.05, 0.1) is 15.1 Å². The lowest BCUT2D eigenvalue weighted by Crippen LogP contribution is -2.06. The third-order valence-corrected chi connectivity index (χ3v) is 4.41. The van der Waals surface area contributed by atoms with Crippen LogP contribution in [-0.2, 0) is 11.3 Å². The molecule has 0 bridgehead atoms. The van der Waals surface area contributed by atoms with Gasteiger partial charge in [-0.15, -0.1) is 0 Å². The number of ether oxygens (including phenoxy) is 2. The van der Waals surface area contributed by atoms with Crippen LogP contribution in [0.15, 0.2) is 47.5 Å². The molecular weight excluding hydrogens is 438 g/mol. The predicted molar refractivity (Wildman–Crippen MR) is 100 cm³/mol. The molecule has 0 aliphatic carbocycles. The number of hydrogen-bond acceptors (Lipinski definition) is 3. The zero-order valence-electron chi connectivity index (χ0n) is 12.3. The van der Waals surface area contributed by atoms with E-state index in [1.165, 1.54) is 12.1 Å². The van der Waals surface area contributed by atoms with Gasteiger partial charge in [0.2, 0.25) is 0 Å². The van der Waals surface area contributed by atoms with Crippen LogP contribution < -0.4 is 4.74 Å². The number of benzene rings is 2. The Labute approximate surface area is 163 Å². The summed E-state index contributed by atoms with van der Waals surface area (Å²) in [7, 11) is 0. The molecule has 0 aromatic heterocycles. The van der Waals surface area contributed by atoms with Gasteiger partial charge in [0.15, 0.2) is 5.75 Å². The van der Waals surface area contributed by atoms with E-state index in [0.717, 1.165) is 5.56 Å². The number of carbonyl (C=O) groups is 1. The molecule has 7 heteroatoms. The highest BCUT2D eigenvalue weighted by Gasteiger charge is 2.15. The molecule has 24 heavy (non-hydrogen) atoms. The van der Waals surface area contributed by atoms with Gasteiger partial charge in [-0.3, -0.25) is 0 Å². The summed E-state index contributed by atoms with van der Waals surface area (Å²) in [4.78, 5) is 11.9. The highest BCUT2D eigenvalue weighted by Crippen LogP contribution is 2.35.